The van der Waals surface area contributed by atoms with E-state index in [0.717, 1.165) is 16.7 Å². The van der Waals surface area contributed by atoms with Crippen molar-refractivity contribution in [1.29, 1.82) is 0 Å². The summed E-state index contributed by atoms with van der Waals surface area (Å²) < 4.78 is 65.4. The third-order valence-corrected chi connectivity index (χ3v) is 13.0. The summed E-state index contributed by atoms with van der Waals surface area (Å²) in [6, 6.07) is 51.2. The van der Waals surface area contributed by atoms with Crippen LogP contribution in [0, 0.1) is 0 Å². The maximum atomic E-state index is 14.7. The summed E-state index contributed by atoms with van der Waals surface area (Å²) in [5.41, 5.74) is 1.30. The summed E-state index contributed by atoms with van der Waals surface area (Å²) in [6.45, 7) is 11.3. The molecule has 6 aromatic rings. The molecule has 6 rings (SSSR count). The highest BCUT2D eigenvalue weighted by atomic mass is 31.2. The van der Waals surface area contributed by atoms with Gasteiger partial charge in [-0.3, -0.25) is 4.52 Å². The van der Waals surface area contributed by atoms with Gasteiger partial charge in [-0.05, 0) is 105 Å². The van der Waals surface area contributed by atoms with Crippen LogP contribution in [0.3, 0.4) is 0 Å². The maximum Gasteiger partial charge on any atom is 0.588 e. The van der Waals surface area contributed by atoms with E-state index >= 15 is 0 Å². The Morgan fingerprint density at radius 3 is 1.13 bits per heavy atom. The van der Waals surface area contributed by atoms with Gasteiger partial charge in [-0.25, -0.2) is 9.13 Å². The molecule has 0 fully saturated rings. The lowest BCUT2D eigenvalue weighted by molar-refractivity contribution is 0.0699. The normalized spacial score (nSPS) is 13.3. The molecule has 0 saturated carbocycles. The van der Waals surface area contributed by atoms with Gasteiger partial charge in [-0.15, -0.1) is 0 Å². The number of ether oxygens (including phenoxy) is 1. The average Bonchev–Trinajstić information content (AvgIpc) is 3.16. The number of rotatable bonds is 16. The summed E-state index contributed by atoms with van der Waals surface area (Å²) in [5, 5.41) is -1.35. The van der Waals surface area contributed by atoms with Gasteiger partial charge in [0.1, 0.15) is 34.3 Å². The molecule has 10 heteroatoms. The Kier molecular flexibility index (Phi) is 11.6. The molecule has 0 bridgehead atoms. The van der Waals surface area contributed by atoms with Gasteiger partial charge in [0.05, 0.1) is 0 Å². The Morgan fingerprint density at radius 1 is 0.382 bits per heavy atom. The predicted molar refractivity (Wildman–Crippen MR) is 217 cm³/mol. The second-order valence-corrected chi connectivity index (χ2v) is 18.3. The number of para-hydroxylation sites is 4. The Labute approximate surface area is 324 Å². The highest BCUT2D eigenvalue weighted by Crippen LogP contribution is 2.59. The molecule has 0 aliphatic rings. The zero-order valence-electron chi connectivity index (χ0n) is 31.8. The van der Waals surface area contributed by atoms with Crippen molar-refractivity contribution in [3.63, 3.8) is 0 Å². The smallest absolute Gasteiger partial charge is 0.473 e. The van der Waals surface area contributed by atoms with E-state index in [4.69, 9.17) is 27.4 Å². The standard InChI is InChI=1S/C45H46O8P2/c1-43(2,35-27-29-37(30-28-35)44(3,4)53-55(47,51-40-23-15-9-16-24-40)52-41-25-17-10-18-26-41)36-31-33-42(34-32-36)50-54(46,49-39-21-13-8-14-22-39)45(5,6)48-38-19-11-7-12-20-38/h7-34H,1-6H3. The Hall–Kier alpha value is -5.26. The second kappa shape index (κ2) is 16.2. The first-order chi connectivity index (χ1) is 26.2. The monoisotopic (exact) mass is 776 g/mol. The highest BCUT2D eigenvalue weighted by molar-refractivity contribution is 7.56. The molecular weight excluding hydrogens is 730 g/mol. The first-order valence-electron chi connectivity index (χ1n) is 18.0. The van der Waals surface area contributed by atoms with Gasteiger partial charge in [0.2, 0.25) is 5.34 Å². The summed E-state index contributed by atoms with van der Waals surface area (Å²) in [7, 11) is -8.15. The highest BCUT2D eigenvalue weighted by Gasteiger charge is 2.49. The van der Waals surface area contributed by atoms with E-state index in [0.29, 0.717) is 28.7 Å². The lowest BCUT2D eigenvalue weighted by Gasteiger charge is -2.33. The molecule has 55 heavy (non-hydrogen) atoms. The Morgan fingerprint density at radius 2 is 0.709 bits per heavy atom. The molecule has 0 amide bonds. The topological polar surface area (TPSA) is 89.5 Å². The van der Waals surface area contributed by atoms with E-state index in [1.807, 2.05) is 98.8 Å². The molecule has 0 spiro atoms. The molecule has 1 unspecified atom stereocenters. The fourth-order valence-corrected chi connectivity index (χ4v) is 8.86. The third-order valence-electron chi connectivity index (χ3n) is 9.10. The minimum Gasteiger partial charge on any atom is -0.473 e. The molecule has 0 saturated heterocycles. The zero-order valence-corrected chi connectivity index (χ0v) is 33.6. The molecular formula is C45H46O8P2. The summed E-state index contributed by atoms with van der Waals surface area (Å²) in [5.74, 6) is 2.04. The second-order valence-electron chi connectivity index (χ2n) is 14.4. The van der Waals surface area contributed by atoms with Crippen molar-refractivity contribution in [2.45, 2.75) is 57.9 Å². The van der Waals surface area contributed by atoms with Crippen LogP contribution in [-0.4, -0.2) is 5.34 Å². The first-order valence-corrected chi connectivity index (χ1v) is 21.0. The SMILES string of the molecule is CC(C)(OP(=O)(Oc1ccccc1)Oc1ccccc1)c1ccc(C(C)(C)c2ccc(OP(=O)(Oc3ccccc3)C(C)(C)Oc3ccccc3)cc2)cc1. The molecule has 8 nitrogen and oxygen atoms in total. The lowest BCUT2D eigenvalue weighted by atomic mass is 9.77. The van der Waals surface area contributed by atoms with Gasteiger partial charge in [0, 0.05) is 5.41 Å². The quantitative estimate of drug-likeness (QED) is 0.0898. The average molecular weight is 777 g/mol. The van der Waals surface area contributed by atoms with Crippen molar-refractivity contribution in [2.75, 3.05) is 0 Å². The van der Waals surface area contributed by atoms with Crippen LogP contribution in [0.5, 0.6) is 28.7 Å². The van der Waals surface area contributed by atoms with Crippen LogP contribution < -0.4 is 22.8 Å². The van der Waals surface area contributed by atoms with E-state index in [2.05, 4.69) is 13.8 Å². The van der Waals surface area contributed by atoms with Gasteiger partial charge < -0.3 is 22.8 Å². The van der Waals surface area contributed by atoms with Gasteiger partial charge in [0.25, 0.3) is 0 Å². The molecule has 0 heterocycles. The third kappa shape index (κ3) is 9.71. The largest absolute Gasteiger partial charge is 0.588 e. The van der Waals surface area contributed by atoms with Crippen LogP contribution in [-0.2, 0) is 24.7 Å². The Balaban J connectivity index is 1.20. The molecule has 0 aliphatic carbocycles. The van der Waals surface area contributed by atoms with Crippen LogP contribution >= 0.6 is 15.4 Å². The van der Waals surface area contributed by atoms with Crippen molar-refractivity contribution >= 4 is 15.4 Å². The van der Waals surface area contributed by atoms with E-state index in [-0.39, 0.29) is 0 Å². The van der Waals surface area contributed by atoms with Crippen LogP contribution in [0.4, 0.5) is 0 Å². The van der Waals surface area contributed by atoms with Gasteiger partial charge in [-0.2, -0.15) is 0 Å². The summed E-state index contributed by atoms with van der Waals surface area (Å²) in [6.07, 6.45) is 0. The fourth-order valence-electron chi connectivity index (χ4n) is 5.83. The van der Waals surface area contributed by atoms with Gasteiger partial charge >= 0.3 is 15.4 Å². The molecule has 0 radical (unpaired) electrons. The van der Waals surface area contributed by atoms with Crippen molar-refractivity contribution in [3.8, 4) is 28.7 Å². The van der Waals surface area contributed by atoms with E-state index < -0.39 is 31.8 Å². The molecule has 284 valence electrons. The maximum absolute atomic E-state index is 14.7. The van der Waals surface area contributed by atoms with Crippen LogP contribution in [0.25, 0.3) is 0 Å². The number of hydrogen-bond donors (Lipinski definition) is 0. The van der Waals surface area contributed by atoms with Crippen molar-refractivity contribution in [2.24, 2.45) is 0 Å². The van der Waals surface area contributed by atoms with Crippen LogP contribution in [0.1, 0.15) is 58.2 Å². The Bertz CT molecular complexity index is 2180. The van der Waals surface area contributed by atoms with E-state index in [1.165, 1.54) is 0 Å². The van der Waals surface area contributed by atoms with E-state index in [9.17, 15) is 9.13 Å². The number of hydrogen-bond acceptors (Lipinski definition) is 8. The molecule has 0 aliphatic heterocycles. The minimum atomic E-state index is -4.16. The van der Waals surface area contributed by atoms with Gasteiger partial charge in [0.15, 0.2) is 0 Å². The first kappa shape index (κ1) is 39.4. The van der Waals surface area contributed by atoms with E-state index in [1.54, 1.807) is 98.8 Å². The van der Waals surface area contributed by atoms with Crippen LogP contribution in [0.2, 0.25) is 0 Å². The predicted octanol–water partition coefficient (Wildman–Crippen LogP) is 13.0. The molecule has 0 N–H and O–H groups in total. The summed E-state index contributed by atoms with van der Waals surface area (Å²) >= 11 is 0. The van der Waals surface area contributed by atoms with Crippen LogP contribution in [0.15, 0.2) is 170 Å². The zero-order chi connectivity index (χ0) is 39.2. The van der Waals surface area contributed by atoms with Crippen molar-refractivity contribution < 1.29 is 36.5 Å². The summed E-state index contributed by atoms with van der Waals surface area (Å²) in [4.78, 5) is 0. The minimum absolute atomic E-state index is 0.363. The molecule has 6 aromatic carbocycles. The van der Waals surface area contributed by atoms with Crippen molar-refractivity contribution in [1.82, 2.24) is 0 Å². The molecule has 1 atom stereocenters. The number of phosphoric ester groups is 1. The fraction of sp³-hybridized carbons (Fsp3) is 0.200. The number of phosphoric acid groups is 1. The van der Waals surface area contributed by atoms with Gasteiger partial charge in [-0.1, -0.05) is 123 Å². The lowest BCUT2D eigenvalue weighted by Crippen LogP contribution is -2.33. The number of benzene rings is 6. The van der Waals surface area contributed by atoms with Crippen molar-refractivity contribution in [3.05, 3.63) is 187 Å². The molecule has 0 aromatic heterocycles.